The number of aromatic nitrogens is 1. The van der Waals surface area contributed by atoms with E-state index in [1.165, 1.54) is 24.4 Å². The smallest absolute Gasteiger partial charge is 0.236 e. The maximum atomic E-state index is 4.58. The third-order valence-corrected chi connectivity index (χ3v) is 8.49. The number of allylic oxidation sites excluding steroid dienone is 2. The van der Waals surface area contributed by atoms with Crippen molar-refractivity contribution in [2.75, 3.05) is 0 Å². The number of hydrogen-bond donors (Lipinski definition) is 0. The van der Waals surface area contributed by atoms with Gasteiger partial charge in [0.2, 0.25) is 21.1 Å². The molecule has 0 saturated heterocycles. The quantitative estimate of drug-likeness (QED) is 0.461. The molecule has 27 heavy (non-hydrogen) atoms. The Morgan fingerprint density at radius 1 is 1.07 bits per heavy atom. The zero-order chi connectivity index (χ0) is 18.6. The predicted octanol–water partition coefficient (Wildman–Crippen LogP) is 4.28. The molecule has 2 nitrogen and oxygen atoms in total. The highest BCUT2D eigenvalue weighted by atomic mass is 32.1. The van der Waals surface area contributed by atoms with E-state index >= 15 is 0 Å². The van der Waals surface area contributed by atoms with Crippen LogP contribution >= 0.6 is 22.7 Å². The molecule has 0 atom stereocenters. The summed E-state index contributed by atoms with van der Waals surface area (Å²) in [6, 6.07) is 11.0. The van der Waals surface area contributed by atoms with Gasteiger partial charge in [-0.3, -0.25) is 0 Å². The highest BCUT2D eigenvalue weighted by molar-refractivity contribution is 7.89. The zero-order valence-corrected chi connectivity index (χ0v) is 17.5. The standard InChI is InChI=1S/C22H17N2S3/c1-13-22(2,3)15-11-14(12-23-21(15)24-13)16-6-7-19(26-16)20-9-8-18(27-20)17-5-4-10-25-17/h4-12H,1H2,2-3H3/q+1/b16-14+. The van der Waals surface area contributed by atoms with E-state index in [9.17, 15) is 0 Å². The van der Waals surface area contributed by atoms with Gasteiger partial charge in [0.15, 0.2) is 5.49 Å². The van der Waals surface area contributed by atoms with Gasteiger partial charge in [-0.2, -0.15) is 0 Å². The fourth-order valence-electron chi connectivity index (χ4n) is 3.21. The van der Waals surface area contributed by atoms with Gasteiger partial charge in [0.05, 0.1) is 10.1 Å². The number of thiophene rings is 2. The van der Waals surface area contributed by atoms with Gasteiger partial charge in [-0.15, -0.1) is 22.7 Å². The van der Waals surface area contributed by atoms with Crippen LogP contribution in [-0.2, 0) is 16.8 Å². The molecule has 0 saturated carbocycles. The van der Waals surface area contributed by atoms with E-state index in [0.717, 1.165) is 22.0 Å². The van der Waals surface area contributed by atoms with Crippen LogP contribution in [0, 0.1) is 0 Å². The fraction of sp³-hybridized carbons (Fsp3) is 0.136. The summed E-state index contributed by atoms with van der Waals surface area (Å²) in [5.41, 5.74) is 2.70. The third kappa shape index (κ3) is 2.78. The second kappa shape index (κ2) is 6.16. The summed E-state index contributed by atoms with van der Waals surface area (Å²) in [6.07, 6.45) is 6.34. The van der Waals surface area contributed by atoms with Gasteiger partial charge in [0.25, 0.3) is 0 Å². The molecule has 0 fully saturated rings. The van der Waals surface area contributed by atoms with Crippen LogP contribution in [0.1, 0.15) is 24.3 Å². The molecular weight excluding hydrogens is 388 g/mol. The summed E-state index contributed by atoms with van der Waals surface area (Å²) >= 11 is 5.46. The van der Waals surface area contributed by atoms with E-state index in [4.69, 9.17) is 0 Å². The number of hydrogen-bond acceptors (Lipinski definition) is 4. The van der Waals surface area contributed by atoms with E-state index in [1.54, 1.807) is 11.3 Å². The Bertz CT molecular complexity index is 1260. The van der Waals surface area contributed by atoms with Crippen LogP contribution in [0.5, 0.6) is 0 Å². The number of nitrogens with zero attached hydrogens (tertiary/aromatic N) is 2. The Hall–Kier alpha value is -2.21. The van der Waals surface area contributed by atoms with Gasteiger partial charge in [0.1, 0.15) is 0 Å². The van der Waals surface area contributed by atoms with Crippen molar-refractivity contribution >= 4 is 43.8 Å². The SMILES string of the molecule is C=C1N=c2nc/c(=C3\C=CC(c4ccc(-c5cccs5)s4)=[S+]3)cc2C1(C)C. The average molecular weight is 406 g/mol. The molecule has 0 spiro atoms. The van der Waals surface area contributed by atoms with Crippen LogP contribution in [0.3, 0.4) is 0 Å². The van der Waals surface area contributed by atoms with Gasteiger partial charge < -0.3 is 0 Å². The minimum atomic E-state index is -0.151. The topological polar surface area (TPSA) is 25.2 Å². The predicted molar refractivity (Wildman–Crippen MR) is 119 cm³/mol. The lowest BCUT2D eigenvalue weighted by atomic mass is 9.85. The van der Waals surface area contributed by atoms with Crippen LogP contribution in [0.25, 0.3) is 14.7 Å². The lowest BCUT2D eigenvalue weighted by Gasteiger charge is -2.18. The number of rotatable bonds is 2. The van der Waals surface area contributed by atoms with Crippen LogP contribution in [-0.4, -0.2) is 9.85 Å². The summed E-state index contributed by atoms with van der Waals surface area (Å²) < 4.78 is 0. The molecule has 2 aliphatic heterocycles. The van der Waals surface area contributed by atoms with E-state index in [1.807, 2.05) is 28.9 Å². The van der Waals surface area contributed by atoms with E-state index in [2.05, 4.69) is 78.3 Å². The molecule has 3 aromatic heterocycles. The molecule has 0 amide bonds. The molecule has 5 heteroatoms. The van der Waals surface area contributed by atoms with Crippen molar-refractivity contribution in [2.45, 2.75) is 19.3 Å². The van der Waals surface area contributed by atoms with Crippen molar-refractivity contribution in [3.63, 3.8) is 0 Å². The molecule has 0 N–H and O–H groups in total. The first-order valence-corrected chi connectivity index (χ1v) is 11.2. The molecule has 132 valence electrons. The summed E-state index contributed by atoms with van der Waals surface area (Å²) in [5, 5.41) is 3.28. The first-order valence-electron chi connectivity index (χ1n) is 8.68. The van der Waals surface area contributed by atoms with Crippen molar-refractivity contribution in [2.24, 2.45) is 4.99 Å². The van der Waals surface area contributed by atoms with Crippen molar-refractivity contribution in [1.82, 2.24) is 4.98 Å². The largest absolute Gasteiger partial charge is 0.248 e. The average Bonchev–Trinajstić information content (AvgIpc) is 3.42. The second-order valence-corrected chi connectivity index (χ2v) is 10.2. The van der Waals surface area contributed by atoms with Crippen molar-refractivity contribution < 1.29 is 0 Å². The van der Waals surface area contributed by atoms with Gasteiger partial charge in [-0.25, -0.2) is 9.98 Å². The van der Waals surface area contributed by atoms with E-state index in [0.29, 0.717) is 0 Å². The summed E-state index contributed by atoms with van der Waals surface area (Å²) in [6.45, 7) is 8.41. The second-order valence-electron chi connectivity index (χ2n) is 7.08. The number of pyridine rings is 1. The highest BCUT2D eigenvalue weighted by Gasteiger charge is 2.32. The molecule has 0 aliphatic carbocycles. The van der Waals surface area contributed by atoms with Gasteiger partial charge in [-0.05, 0) is 29.6 Å². The van der Waals surface area contributed by atoms with Crippen LogP contribution in [0.4, 0.5) is 0 Å². The molecule has 5 heterocycles. The monoisotopic (exact) mass is 405 g/mol. The normalized spacial score (nSPS) is 19.2. The molecule has 0 bridgehead atoms. The molecule has 5 rings (SSSR count). The van der Waals surface area contributed by atoms with Crippen LogP contribution in [0.15, 0.2) is 71.3 Å². The minimum Gasteiger partial charge on any atom is -0.236 e. The summed E-state index contributed by atoms with van der Waals surface area (Å²) in [7, 11) is 0. The molecule has 0 unspecified atom stereocenters. The van der Waals surface area contributed by atoms with E-state index in [-0.39, 0.29) is 5.41 Å². The van der Waals surface area contributed by atoms with Crippen molar-refractivity contribution in [3.05, 3.63) is 87.5 Å². The first kappa shape index (κ1) is 16.9. The zero-order valence-electron chi connectivity index (χ0n) is 15.0. The molecular formula is C22H17N2S3+. The van der Waals surface area contributed by atoms with Crippen molar-refractivity contribution in [3.8, 4) is 9.75 Å². The van der Waals surface area contributed by atoms with Gasteiger partial charge in [0, 0.05) is 44.8 Å². The highest BCUT2D eigenvalue weighted by Crippen LogP contribution is 2.33. The Kier molecular flexibility index (Phi) is 3.86. The van der Waals surface area contributed by atoms with Crippen LogP contribution < -0.4 is 10.7 Å². The Morgan fingerprint density at radius 3 is 2.74 bits per heavy atom. The molecule has 3 aromatic rings. The lowest BCUT2D eigenvalue weighted by molar-refractivity contribution is 0.639. The number of fused-ring (bicyclic) bond motifs is 1. The Labute approximate surface area is 169 Å². The van der Waals surface area contributed by atoms with Crippen LogP contribution in [0.2, 0.25) is 0 Å². The first-order chi connectivity index (χ1) is 13.0. The van der Waals surface area contributed by atoms with Crippen molar-refractivity contribution in [1.29, 1.82) is 0 Å². The summed E-state index contributed by atoms with van der Waals surface area (Å²) in [4.78, 5) is 15.6. The Balaban J connectivity index is 1.55. The maximum absolute atomic E-state index is 4.58. The maximum Gasteiger partial charge on any atom is 0.248 e. The lowest BCUT2D eigenvalue weighted by Crippen LogP contribution is -2.25. The third-order valence-electron chi connectivity index (χ3n) is 5.01. The Morgan fingerprint density at radius 2 is 1.93 bits per heavy atom. The summed E-state index contributed by atoms with van der Waals surface area (Å²) in [5.74, 6) is 0. The minimum absolute atomic E-state index is 0.151. The fourth-order valence-corrected chi connectivity index (χ4v) is 6.13. The van der Waals surface area contributed by atoms with Gasteiger partial charge in [-0.1, -0.05) is 26.5 Å². The molecule has 0 aromatic carbocycles. The molecule has 2 aliphatic rings. The van der Waals surface area contributed by atoms with Gasteiger partial charge >= 0.3 is 0 Å². The molecule has 0 radical (unpaired) electrons. The van der Waals surface area contributed by atoms with E-state index < -0.39 is 0 Å².